The number of piperidine rings is 1. The molecule has 7 nitrogen and oxygen atoms in total. The number of Topliss-reactive ketones (excluding diaryl/α,β-unsaturated/α-hetero) is 1. The van der Waals surface area contributed by atoms with Gasteiger partial charge in [0.25, 0.3) is 0 Å². The zero-order valence-corrected chi connectivity index (χ0v) is 32.8. The van der Waals surface area contributed by atoms with E-state index in [1.54, 1.807) is 13.0 Å². The van der Waals surface area contributed by atoms with E-state index in [-0.39, 0.29) is 23.6 Å². The minimum Gasteiger partial charge on any atom is -0.460 e. The highest BCUT2D eigenvalue weighted by atomic mass is 79.9. The number of allylic oxidation sites excluding steroid dienone is 2. The van der Waals surface area contributed by atoms with Crippen LogP contribution in [-0.4, -0.2) is 42.2 Å². The lowest BCUT2D eigenvalue weighted by molar-refractivity contribution is 0.0491. The van der Waals surface area contributed by atoms with E-state index < -0.39 is 17.0 Å². The average Bonchev–Trinajstić information content (AvgIpc) is 3.76. The first-order valence-electron chi connectivity index (χ1n) is 18.0. The van der Waals surface area contributed by atoms with Gasteiger partial charge >= 0.3 is 5.97 Å². The van der Waals surface area contributed by atoms with Crippen LogP contribution in [0.2, 0.25) is 0 Å². The van der Waals surface area contributed by atoms with Crippen molar-refractivity contribution in [1.29, 1.82) is 0 Å². The zero-order chi connectivity index (χ0) is 36.2. The second kappa shape index (κ2) is 15.9. The number of furan rings is 1. The first-order chi connectivity index (χ1) is 25.2. The van der Waals surface area contributed by atoms with Gasteiger partial charge in [-0.1, -0.05) is 54.1 Å². The molecule has 52 heavy (non-hydrogen) atoms. The summed E-state index contributed by atoms with van der Waals surface area (Å²) in [6, 6.07) is 26.1. The van der Waals surface area contributed by atoms with E-state index in [1.807, 2.05) is 59.1 Å². The number of thiophene rings is 1. The number of anilines is 2. The summed E-state index contributed by atoms with van der Waals surface area (Å²) in [5.74, 6) is -0.118. The van der Waals surface area contributed by atoms with Gasteiger partial charge in [0.05, 0.1) is 27.8 Å². The van der Waals surface area contributed by atoms with Gasteiger partial charge in [-0.15, -0.1) is 11.3 Å². The Morgan fingerprint density at radius 3 is 2.50 bits per heavy atom. The van der Waals surface area contributed by atoms with Crippen molar-refractivity contribution < 1.29 is 23.0 Å². The molecular formula is C42H43BrN2O5S2. The van der Waals surface area contributed by atoms with Crippen LogP contribution < -0.4 is 9.21 Å². The van der Waals surface area contributed by atoms with Crippen molar-refractivity contribution >= 4 is 72.3 Å². The fraction of sp³-hybridized carbons (Fsp3) is 0.333. The van der Waals surface area contributed by atoms with Gasteiger partial charge in [0.2, 0.25) is 5.76 Å². The van der Waals surface area contributed by atoms with Crippen molar-refractivity contribution in [2.75, 3.05) is 35.4 Å². The molecule has 3 aromatic carbocycles. The number of benzene rings is 3. The minimum absolute atomic E-state index is 0.179. The van der Waals surface area contributed by atoms with Crippen molar-refractivity contribution in [3.05, 3.63) is 122 Å². The molecular weight excluding hydrogens is 757 g/mol. The standard InChI is InChI=1S/C42H43BrN2O5S2/c1-3-49-41(47)39-29(2)33-28-32(13-14-38(33)50-39)52(48)45(23-17-30-9-5-4-6-10-30)36-12-8-7-11-35(36)44-24-21-42(22-25-44)19-15-31(16-20-42)27-37(46)40-34(43)18-26-51-40/h4-15,18,26,28H,3,16-17,19-25,27H2,1-2H3. The summed E-state index contributed by atoms with van der Waals surface area (Å²) >= 11 is 5.02. The molecule has 5 aromatic rings. The van der Waals surface area contributed by atoms with Crippen molar-refractivity contribution in [2.24, 2.45) is 5.41 Å². The van der Waals surface area contributed by atoms with Gasteiger partial charge in [0.15, 0.2) is 16.8 Å². The average molecular weight is 800 g/mol. The molecule has 1 unspecified atom stereocenters. The van der Waals surface area contributed by atoms with Crippen LogP contribution in [0.4, 0.5) is 11.4 Å². The Balaban J connectivity index is 1.11. The molecule has 1 fully saturated rings. The lowest BCUT2D eigenvalue weighted by atomic mass is 9.68. The summed E-state index contributed by atoms with van der Waals surface area (Å²) in [4.78, 5) is 29.4. The largest absolute Gasteiger partial charge is 0.460 e. The molecule has 7 rings (SSSR count). The topological polar surface area (TPSA) is 80.1 Å². The number of halogens is 1. The Bertz CT molecular complexity index is 2130. The second-order valence-electron chi connectivity index (χ2n) is 13.8. The van der Waals surface area contributed by atoms with E-state index in [9.17, 15) is 13.8 Å². The maximum absolute atomic E-state index is 14.7. The molecule has 2 aliphatic rings. The number of aryl methyl sites for hydroxylation is 1. The smallest absolute Gasteiger partial charge is 0.374 e. The summed E-state index contributed by atoms with van der Waals surface area (Å²) < 4.78 is 28.7. The van der Waals surface area contributed by atoms with Gasteiger partial charge in [-0.05, 0) is 121 Å². The number of ketones is 1. The van der Waals surface area contributed by atoms with E-state index in [2.05, 4.69) is 57.2 Å². The number of hydrogen-bond acceptors (Lipinski definition) is 7. The predicted octanol–water partition coefficient (Wildman–Crippen LogP) is 10.5. The number of ether oxygens (including phenoxy) is 1. The Labute approximate surface area is 320 Å². The Morgan fingerprint density at radius 2 is 1.79 bits per heavy atom. The third kappa shape index (κ3) is 7.70. The van der Waals surface area contributed by atoms with E-state index in [0.29, 0.717) is 29.0 Å². The maximum Gasteiger partial charge on any atom is 0.374 e. The number of rotatable bonds is 12. The minimum atomic E-state index is -1.55. The Morgan fingerprint density at radius 1 is 1.02 bits per heavy atom. The molecule has 1 spiro atoms. The SMILES string of the molecule is CCOC(=O)c1oc2ccc(S(=O)N(CCc3ccccc3)c3ccccc3N3CCC4(CC=C(CC(=O)c5sccc5Br)CC4)CC3)cc2c1C. The van der Waals surface area contributed by atoms with Gasteiger partial charge in [0, 0.05) is 41.5 Å². The normalized spacial score (nSPS) is 16.1. The second-order valence-corrected chi connectivity index (χ2v) is 16.9. The summed E-state index contributed by atoms with van der Waals surface area (Å²) in [5.41, 5.74) is 5.95. The summed E-state index contributed by atoms with van der Waals surface area (Å²) in [6.07, 6.45) is 8.80. The van der Waals surface area contributed by atoms with Gasteiger partial charge in [-0.25, -0.2) is 9.00 Å². The molecule has 1 aliphatic carbocycles. The van der Waals surface area contributed by atoms with Crippen LogP contribution in [0.5, 0.6) is 0 Å². The van der Waals surface area contributed by atoms with Crippen LogP contribution >= 0.6 is 27.3 Å². The van der Waals surface area contributed by atoms with E-state index in [1.165, 1.54) is 22.5 Å². The fourth-order valence-corrected chi connectivity index (χ4v) is 10.3. The molecule has 0 bridgehead atoms. The number of fused-ring (bicyclic) bond motifs is 1. The number of carbonyl (C=O) groups excluding carboxylic acids is 2. The number of nitrogens with zero attached hydrogens (tertiary/aromatic N) is 2. The van der Waals surface area contributed by atoms with Gasteiger partial charge < -0.3 is 14.1 Å². The molecule has 0 radical (unpaired) electrons. The third-order valence-corrected chi connectivity index (χ3v) is 13.9. The highest BCUT2D eigenvalue weighted by Crippen LogP contribution is 2.46. The van der Waals surface area contributed by atoms with Crippen LogP contribution in [0.25, 0.3) is 11.0 Å². The third-order valence-electron chi connectivity index (χ3n) is 10.6. The highest BCUT2D eigenvalue weighted by Gasteiger charge is 2.37. The molecule has 1 aliphatic heterocycles. The van der Waals surface area contributed by atoms with E-state index in [0.717, 1.165) is 77.7 Å². The predicted molar refractivity (Wildman–Crippen MR) is 214 cm³/mol. The number of carbonyl (C=O) groups is 2. The van der Waals surface area contributed by atoms with Gasteiger partial charge in [-0.2, -0.15) is 0 Å². The summed E-state index contributed by atoms with van der Waals surface area (Å²) in [5, 5.41) is 2.71. The number of esters is 1. The quantitative estimate of drug-likeness (QED) is 0.0710. The van der Waals surface area contributed by atoms with Crippen molar-refractivity contribution in [3.63, 3.8) is 0 Å². The first-order valence-corrected chi connectivity index (χ1v) is 20.7. The number of para-hydroxylation sites is 2. The lowest BCUT2D eigenvalue weighted by Gasteiger charge is -2.45. The molecule has 0 N–H and O–H groups in total. The molecule has 1 saturated heterocycles. The van der Waals surface area contributed by atoms with Gasteiger partial charge in [0.1, 0.15) is 5.58 Å². The van der Waals surface area contributed by atoms with Crippen molar-refractivity contribution in [2.45, 2.75) is 63.7 Å². The fourth-order valence-electron chi connectivity index (χ4n) is 7.54. The van der Waals surface area contributed by atoms with Crippen LogP contribution in [-0.2, 0) is 22.1 Å². The molecule has 10 heteroatoms. The van der Waals surface area contributed by atoms with Gasteiger partial charge in [-0.3, -0.25) is 9.10 Å². The molecule has 1 atom stereocenters. The molecule has 0 amide bonds. The van der Waals surface area contributed by atoms with Crippen LogP contribution in [0.15, 0.2) is 110 Å². The van der Waals surface area contributed by atoms with Crippen molar-refractivity contribution in [3.8, 4) is 0 Å². The van der Waals surface area contributed by atoms with E-state index in [4.69, 9.17) is 9.15 Å². The highest BCUT2D eigenvalue weighted by molar-refractivity contribution is 9.10. The van der Waals surface area contributed by atoms with E-state index >= 15 is 0 Å². The molecule has 3 heterocycles. The lowest BCUT2D eigenvalue weighted by Crippen LogP contribution is -2.41. The summed E-state index contributed by atoms with van der Waals surface area (Å²) in [7, 11) is -1.55. The Kier molecular flexibility index (Phi) is 11.2. The zero-order valence-electron chi connectivity index (χ0n) is 29.6. The maximum atomic E-state index is 14.7. The summed E-state index contributed by atoms with van der Waals surface area (Å²) in [6.45, 7) is 6.24. The molecule has 270 valence electrons. The van der Waals surface area contributed by atoms with Crippen molar-refractivity contribution in [1.82, 2.24) is 0 Å². The monoisotopic (exact) mass is 798 g/mol. The first kappa shape index (κ1) is 36.4. The van der Waals surface area contributed by atoms with Crippen LogP contribution in [0.3, 0.4) is 0 Å². The number of hydrogen-bond donors (Lipinski definition) is 0. The van der Waals surface area contributed by atoms with Crippen LogP contribution in [0.1, 0.15) is 76.8 Å². The Hall–Kier alpha value is -3.99. The molecule has 0 saturated carbocycles. The van der Waals surface area contributed by atoms with Crippen LogP contribution in [0, 0.1) is 12.3 Å². The molecule has 2 aromatic heterocycles.